The number of nitrogens with one attached hydrogen (secondary N) is 1. The number of hydrogen-bond donors (Lipinski definition) is 1. The predicted molar refractivity (Wildman–Crippen MR) is 69.1 cm³/mol. The zero-order valence-electron chi connectivity index (χ0n) is 10.1. The Kier molecular flexibility index (Phi) is 3.45. The first-order valence-corrected chi connectivity index (χ1v) is 7.13. The molecule has 0 saturated carbocycles. The van der Waals surface area contributed by atoms with Crippen molar-refractivity contribution < 1.29 is 4.21 Å². The van der Waals surface area contributed by atoms with Gasteiger partial charge < -0.3 is 5.32 Å². The zero-order chi connectivity index (χ0) is 11.7. The highest BCUT2D eigenvalue weighted by Gasteiger charge is 2.24. The maximum absolute atomic E-state index is 11.8. The van der Waals surface area contributed by atoms with E-state index in [1.165, 1.54) is 16.7 Å². The molecule has 88 valence electrons. The SMILES string of the molecule is Cc1cc(C)cc(C2CS(=O)C(C)CN2)c1. The third kappa shape index (κ3) is 2.53. The lowest BCUT2D eigenvalue weighted by Crippen LogP contribution is -2.41. The van der Waals surface area contributed by atoms with E-state index < -0.39 is 10.8 Å². The molecule has 3 atom stereocenters. The fraction of sp³-hybridized carbons (Fsp3) is 0.538. The molecule has 0 radical (unpaired) electrons. The molecule has 1 N–H and O–H groups in total. The molecule has 1 heterocycles. The van der Waals surface area contributed by atoms with Crippen LogP contribution < -0.4 is 5.32 Å². The van der Waals surface area contributed by atoms with Gasteiger partial charge in [-0.3, -0.25) is 4.21 Å². The third-order valence-electron chi connectivity index (χ3n) is 3.08. The summed E-state index contributed by atoms with van der Waals surface area (Å²) in [6.07, 6.45) is 0. The van der Waals surface area contributed by atoms with E-state index in [0.717, 1.165) is 12.3 Å². The van der Waals surface area contributed by atoms with Gasteiger partial charge >= 0.3 is 0 Å². The molecule has 0 spiro atoms. The van der Waals surface area contributed by atoms with E-state index in [2.05, 4.69) is 37.4 Å². The zero-order valence-corrected chi connectivity index (χ0v) is 10.9. The van der Waals surface area contributed by atoms with Gasteiger partial charge in [0, 0.05) is 34.4 Å². The molecule has 1 saturated heterocycles. The Labute approximate surface area is 99.9 Å². The van der Waals surface area contributed by atoms with Crippen LogP contribution in [0.15, 0.2) is 18.2 Å². The highest BCUT2D eigenvalue weighted by molar-refractivity contribution is 7.85. The Bertz CT molecular complexity index is 396. The van der Waals surface area contributed by atoms with E-state index in [9.17, 15) is 4.21 Å². The van der Waals surface area contributed by atoms with E-state index in [-0.39, 0.29) is 11.3 Å². The maximum Gasteiger partial charge on any atom is 0.0445 e. The van der Waals surface area contributed by atoms with Gasteiger partial charge in [0.1, 0.15) is 0 Å². The first-order valence-electron chi connectivity index (χ1n) is 5.75. The summed E-state index contributed by atoms with van der Waals surface area (Å²) in [5.74, 6) is 0.740. The molecule has 16 heavy (non-hydrogen) atoms. The molecule has 1 fully saturated rings. The molecule has 2 nitrogen and oxygen atoms in total. The minimum Gasteiger partial charge on any atom is -0.308 e. The Morgan fingerprint density at radius 2 is 1.88 bits per heavy atom. The van der Waals surface area contributed by atoms with E-state index in [1.807, 2.05) is 6.92 Å². The van der Waals surface area contributed by atoms with Crippen molar-refractivity contribution in [1.82, 2.24) is 5.32 Å². The summed E-state index contributed by atoms with van der Waals surface area (Å²) in [5, 5.41) is 3.76. The topological polar surface area (TPSA) is 29.1 Å². The summed E-state index contributed by atoms with van der Waals surface area (Å²) >= 11 is 0. The molecule has 1 aliphatic rings. The molecule has 0 bridgehead atoms. The molecule has 0 amide bonds. The molecular weight excluding hydrogens is 218 g/mol. The minimum absolute atomic E-state index is 0.260. The summed E-state index contributed by atoms with van der Waals surface area (Å²) in [6.45, 7) is 7.11. The standard InChI is InChI=1S/C13H19NOS/c1-9-4-10(2)6-12(5-9)13-8-16(15)11(3)7-14-13/h4-6,11,13-14H,7-8H2,1-3H3. The molecule has 3 unspecified atom stereocenters. The average Bonchev–Trinajstić information content (AvgIpc) is 2.20. The van der Waals surface area contributed by atoms with Crippen LogP contribution >= 0.6 is 0 Å². The van der Waals surface area contributed by atoms with Gasteiger partial charge in [0.05, 0.1) is 0 Å². The summed E-state index contributed by atoms with van der Waals surface area (Å²) in [4.78, 5) is 0. The Morgan fingerprint density at radius 1 is 1.25 bits per heavy atom. The highest BCUT2D eigenvalue weighted by Crippen LogP contribution is 2.21. The normalized spacial score (nSPS) is 30.3. The number of aryl methyl sites for hydroxylation is 2. The minimum atomic E-state index is -0.691. The monoisotopic (exact) mass is 237 g/mol. The van der Waals surface area contributed by atoms with Crippen molar-refractivity contribution in [3.05, 3.63) is 34.9 Å². The van der Waals surface area contributed by atoms with E-state index in [4.69, 9.17) is 0 Å². The van der Waals surface area contributed by atoms with Gasteiger partial charge in [-0.05, 0) is 26.3 Å². The number of benzene rings is 1. The first-order chi connectivity index (χ1) is 7.56. The summed E-state index contributed by atoms with van der Waals surface area (Å²) in [6, 6.07) is 6.82. The predicted octanol–water partition coefficient (Wildman–Crippen LogP) is 2.08. The fourth-order valence-corrected chi connectivity index (χ4v) is 3.46. The van der Waals surface area contributed by atoms with Gasteiger partial charge in [-0.1, -0.05) is 29.3 Å². The smallest absolute Gasteiger partial charge is 0.0445 e. The van der Waals surface area contributed by atoms with Crippen molar-refractivity contribution in [1.29, 1.82) is 0 Å². The van der Waals surface area contributed by atoms with Crippen molar-refractivity contribution in [3.8, 4) is 0 Å². The van der Waals surface area contributed by atoms with E-state index in [0.29, 0.717) is 0 Å². The van der Waals surface area contributed by atoms with Crippen LogP contribution in [-0.4, -0.2) is 21.8 Å². The third-order valence-corrected chi connectivity index (χ3v) is 4.80. The lowest BCUT2D eigenvalue weighted by atomic mass is 10.0. The van der Waals surface area contributed by atoms with Crippen LogP contribution in [0.5, 0.6) is 0 Å². The summed E-state index contributed by atoms with van der Waals surface area (Å²) < 4.78 is 11.8. The van der Waals surface area contributed by atoms with Crippen LogP contribution in [0.1, 0.15) is 29.7 Å². The quantitative estimate of drug-likeness (QED) is 0.810. The van der Waals surface area contributed by atoms with Crippen LogP contribution in [0, 0.1) is 13.8 Å². The van der Waals surface area contributed by atoms with Crippen molar-refractivity contribution >= 4 is 10.8 Å². The molecule has 3 heteroatoms. The summed E-state index contributed by atoms with van der Waals surface area (Å²) in [7, 11) is -0.691. The van der Waals surface area contributed by atoms with Gasteiger partial charge in [0.15, 0.2) is 0 Å². The molecule has 1 aromatic carbocycles. The van der Waals surface area contributed by atoms with Crippen LogP contribution in [-0.2, 0) is 10.8 Å². The van der Waals surface area contributed by atoms with Gasteiger partial charge in [-0.2, -0.15) is 0 Å². The summed E-state index contributed by atoms with van der Waals surface area (Å²) in [5.41, 5.74) is 3.83. The van der Waals surface area contributed by atoms with Crippen LogP contribution in [0.3, 0.4) is 0 Å². The average molecular weight is 237 g/mol. The molecule has 2 rings (SSSR count). The lowest BCUT2D eigenvalue weighted by Gasteiger charge is -2.28. The second-order valence-corrected chi connectivity index (χ2v) is 6.64. The largest absolute Gasteiger partial charge is 0.308 e. The Hall–Kier alpha value is -0.670. The molecule has 1 aromatic rings. The number of hydrogen-bond acceptors (Lipinski definition) is 2. The van der Waals surface area contributed by atoms with Gasteiger partial charge in [-0.15, -0.1) is 0 Å². The van der Waals surface area contributed by atoms with Crippen molar-refractivity contribution in [3.63, 3.8) is 0 Å². The van der Waals surface area contributed by atoms with Gasteiger partial charge in [0.2, 0.25) is 0 Å². The van der Waals surface area contributed by atoms with Crippen molar-refractivity contribution in [2.24, 2.45) is 0 Å². The highest BCUT2D eigenvalue weighted by atomic mass is 32.2. The van der Waals surface area contributed by atoms with Crippen LogP contribution in [0.2, 0.25) is 0 Å². The number of rotatable bonds is 1. The van der Waals surface area contributed by atoms with Gasteiger partial charge in [0.25, 0.3) is 0 Å². The van der Waals surface area contributed by atoms with Crippen molar-refractivity contribution in [2.75, 3.05) is 12.3 Å². The maximum atomic E-state index is 11.8. The molecule has 0 aromatic heterocycles. The second-order valence-electron chi connectivity index (χ2n) is 4.74. The molecular formula is C13H19NOS. The molecule has 0 aliphatic carbocycles. The first kappa shape index (κ1) is 11.8. The van der Waals surface area contributed by atoms with Crippen molar-refractivity contribution in [2.45, 2.75) is 32.1 Å². The Balaban J connectivity index is 2.21. The van der Waals surface area contributed by atoms with E-state index in [1.54, 1.807) is 0 Å². The van der Waals surface area contributed by atoms with Crippen LogP contribution in [0.4, 0.5) is 0 Å². The van der Waals surface area contributed by atoms with Gasteiger partial charge in [-0.25, -0.2) is 0 Å². The fourth-order valence-electron chi connectivity index (χ4n) is 2.21. The van der Waals surface area contributed by atoms with Crippen LogP contribution in [0.25, 0.3) is 0 Å². The Morgan fingerprint density at radius 3 is 2.44 bits per heavy atom. The second kappa shape index (κ2) is 4.68. The lowest BCUT2D eigenvalue weighted by molar-refractivity contribution is 0.540. The molecule has 1 aliphatic heterocycles. The van der Waals surface area contributed by atoms with E-state index >= 15 is 0 Å².